The number of pyridine rings is 1. The number of halogens is 6. The quantitative estimate of drug-likeness (QED) is 0.105. The van der Waals surface area contributed by atoms with Crippen LogP contribution in [0, 0.1) is 24.0 Å². The summed E-state index contributed by atoms with van der Waals surface area (Å²) in [6.45, 7) is 2.67. The molecule has 2 aromatic carbocycles. The number of nitrogens with zero attached hydrogens (tertiary/aromatic N) is 5. The van der Waals surface area contributed by atoms with Crippen LogP contribution in [0.3, 0.4) is 0 Å². The Morgan fingerprint density at radius 2 is 1.85 bits per heavy atom. The standard InChI is InChI=1S/C38H34F6N6O3/c1-2-25-28(40)7-4-20-12-24(53-35(51)38(42,43)44)13-26(29(20)25)31-30(41)32-27(15-45-31)33(49-17-22-5-6-23(18-49)46-22)48-34(47-32)37(9-10-37)52-19-36-8-3-11-50(36)16-21(39)14-36/h1,4,7,12-13,15,21-23,46H,3,5-6,8-11,14,16-19H2/t21-,22?,23?,36+/m1/s1. The normalized spacial score (nSPS) is 26.3. The van der Waals surface area contributed by atoms with Gasteiger partial charge in [0, 0.05) is 60.8 Å². The number of benzene rings is 2. The van der Waals surface area contributed by atoms with E-state index in [0.717, 1.165) is 50.4 Å². The van der Waals surface area contributed by atoms with Gasteiger partial charge in [0.25, 0.3) is 0 Å². The van der Waals surface area contributed by atoms with Crippen molar-refractivity contribution in [3.8, 4) is 29.4 Å². The first-order chi connectivity index (χ1) is 25.4. The number of terminal acetylenes is 1. The number of rotatable bonds is 7. The summed E-state index contributed by atoms with van der Waals surface area (Å²) in [6.07, 6.45) is 6.05. The largest absolute Gasteiger partial charge is 0.491 e. The van der Waals surface area contributed by atoms with Crippen molar-refractivity contribution in [1.29, 1.82) is 0 Å². The number of hydrogen-bond donors (Lipinski definition) is 1. The fourth-order valence-electron chi connectivity index (χ4n) is 8.88. The first-order valence-corrected chi connectivity index (χ1v) is 17.8. The lowest BCUT2D eigenvalue weighted by atomic mass is 9.94. The lowest BCUT2D eigenvalue weighted by molar-refractivity contribution is -0.189. The summed E-state index contributed by atoms with van der Waals surface area (Å²) < 4.78 is 97.8. The number of alkyl halides is 4. The molecule has 5 fully saturated rings. The van der Waals surface area contributed by atoms with Gasteiger partial charge in [-0.15, -0.1) is 6.42 Å². The lowest BCUT2D eigenvalue weighted by Gasteiger charge is -2.35. The zero-order valence-electron chi connectivity index (χ0n) is 28.4. The van der Waals surface area contributed by atoms with Crippen LogP contribution in [0.5, 0.6) is 5.75 Å². The number of piperazine rings is 1. The number of esters is 1. The van der Waals surface area contributed by atoms with Crippen LogP contribution in [0.1, 0.15) is 56.3 Å². The molecule has 4 aromatic rings. The van der Waals surface area contributed by atoms with E-state index in [-0.39, 0.29) is 51.9 Å². The van der Waals surface area contributed by atoms with Gasteiger partial charge < -0.3 is 19.7 Å². The first kappa shape index (κ1) is 34.3. The molecule has 15 heteroatoms. The fourth-order valence-corrected chi connectivity index (χ4v) is 8.88. The molecule has 0 amide bonds. The molecule has 4 saturated heterocycles. The minimum Gasteiger partial charge on any atom is -0.420 e. The van der Waals surface area contributed by atoms with Crippen molar-refractivity contribution in [2.45, 2.75) is 80.5 Å². The van der Waals surface area contributed by atoms with Gasteiger partial charge in [-0.3, -0.25) is 9.88 Å². The van der Waals surface area contributed by atoms with E-state index >= 15 is 8.78 Å². The molecule has 5 aliphatic rings. The number of nitrogens with one attached hydrogen (secondary N) is 1. The molecule has 4 aliphatic heterocycles. The Bertz CT molecular complexity index is 2210. The Kier molecular flexibility index (Phi) is 7.92. The molecule has 6 heterocycles. The van der Waals surface area contributed by atoms with Gasteiger partial charge in [-0.25, -0.2) is 27.9 Å². The maximum absolute atomic E-state index is 17.2. The van der Waals surface area contributed by atoms with Gasteiger partial charge in [-0.05, 0) is 68.7 Å². The third-order valence-corrected chi connectivity index (χ3v) is 11.6. The molecule has 9 rings (SSSR count). The molecule has 1 saturated carbocycles. The number of anilines is 1. The van der Waals surface area contributed by atoms with E-state index in [4.69, 9.17) is 21.1 Å². The molecule has 53 heavy (non-hydrogen) atoms. The van der Waals surface area contributed by atoms with E-state index in [1.807, 2.05) is 0 Å². The van der Waals surface area contributed by atoms with Gasteiger partial charge in [-0.1, -0.05) is 12.0 Å². The number of ether oxygens (including phenoxy) is 2. The predicted octanol–water partition coefficient (Wildman–Crippen LogP) is 6.09. The van der Waals surface area contributed by atoms with Gasteiger partial charge in [0.15, 0.2) is 11.6 Å². The Hall–Kier alpha value is -4.52. The predicted molar refractivity (Wildman–Crippen MR) is 182 cm³/mol. The molecule has 0 spiro atoms. The highest BCUT2D eigenvalue weighted by Crippen LogP contribution is 2.51. The zero-order chi connectivity index (χ0) is 36.9. The van der Waals surface area contributed by atoms with Crippen molar-refractivity contribution in [3.63, 3.8) is 0 Å². The van der Waals surface area contributed by atoms with Gasteiger partial charge >= 0.3 is 12.1 Å². The molecule has 4 atom stereocenters. The highest BCUT2D eigenvalue weighted by Gasteiger charge is 2.55. The molecule has 2 bridgehead atoms. The van der Waals surface area contributed by atoms with Crippen LogP contribution < -0.4 is 15.0 Å². The SMILES string of the molecule is C#Cc1c(F)ccc2cc(OC(=O)C(F)(F)F)cc(-c3ncc4c(N5CC6CCC(C5)N6)nc(C5(OC[C@@]67CCCN6C[C@H](F)C7)CC5)nc4c3F)c12. The smallest absolute Gasteiger partial charge is 0.420 e. The molecule has 276 valence electrons. The number of aromatic nitrogens is 3. The van der Waals surface area contributed by atoms with Crippen molar-refractivity contribution >= 4 is 33.5 Å². The molecular formula is C38H34F6N6O3. The van der Waals surface area contributed by atoms with Gasteiger partial charge in [-0.2, -0.15) is 13.2 Å². The highest BCUT2D eigenvalue weighted by molar-refractivity contribution is 6.03. The maximum Gasteiger partial charge on any atom is 0.491 e. The molecule has 1 N–H and O–H groups in total. The van der Waals surface area contributed by atoms with Crippen LogP contribution in [0.25, 0.3) is 32.9 Å². The number of hydrogen-bond acceptors (Lipinski definition) is 9. The van der Waals surface area contributed by atoms with Crippen LogP contribution in [0.4, 0.5) is 32.2 Å². The first-order valence-electron chi connectivity index (χ1n) is 17.8. The topological polar surface area (TPSA) is 92.7 Å². The molecule has 0 radical (unpaired) electrons. The van der Waals surface area contributed by atoms with E-state index in [1.54, 1.807) is 0 Å². The molecule has 2 unspecified atom stereocenters. The van der Waals surface area contributed by atoms with Gasteiger partial charge in [0.05, 0.1) is 17.6 Å². The van der Waals surface area contributed by atoms with Crippen molar-refractivity contribution in [1.82, 2.24) is 25.2 Å². The third kappa shape index (κ3) is 5.77. The number of carbonyl (C=O) groups is 1. The molecule has 9 nitrogen and oxygen atoms in total. The monoisotopic (exact) mass is 736 g/mol. The highest BCUT2D eigenvalue weighted by atomic mass is 19.4. The number of carbonyl (C=O) groups excluding carboxylic acids is 1. The van der Waals surface area contributed by atoms with Gasteiger partial charge in [0.1, 0.15) is 40.4 Å². The molecule has 2 aromatic heterocycles. The van der Waals surface area contributed by atoms with Crippen LogP contribution in [-0.2, 0) is 15.1 Å². The van der Waals surface area contributed by atoms with Crippen molar-refractivity contribution < 1.29 is 40.6 Å². The summed E-state index contributed by atoms with van der Waals surface area (Å²) in [7, 11) is 0. The van der Waals surface area contributed by atoms with E-state index in [1.165, 1.54) is 12.3 Å². The summed E-state index contributed by atoms with van der Waals surface area (Å²) in [5, 5.41) is 3.97. The summed E-state index contributed by atoms with van der Waals surface area (Å²) in [5.74, 6) is -1.85. The molecular weight excluding hydrogens is 702 g/mol. The zero-order valence-corrected chi connectivity index (χ0v) is 28.4. The van der Waals surface area contributed by atoms with Crippen molar-refractivity contribution in [2.24, 2.45) is 0 Å². The van der Waals surface area contributed by atoms with Gasteiger partial charge in [0.2, 0.25) is 0 Å². The summed E-state index contributed by atoms with van der Waals surface area (Å²) in [5.41, 5.74) is -2.33. The fraction of sp³-hybridized carbons (Fsp3) is 0.474. The second-order valence-corrected chi connectivity index (χ2v) is 15.0. The Labute approximate surface area is 300 Å². The average Bonchev–Trinajstić information content (AvgIpc) is 3.58. The molecule has 1 aliphatic carbocycles. The van der Waals surface area contributed by atoms with E-state index < -0.39 is 52.5 Å². The van der Waals surface area contributed by atoms with Crippen molar-refractivity contribution in [2.75, 3.05) is 37.7 Å². The minimum atomic E-state index is -5.32. The summed E-state index contributed by atoms with van der Waals surface area (Å²) in [6, 6.07) is 4.75. The second-order valence-electron chi connectivity index (χ2n) is 15.0. The lowest BCUT2D eigenvalue weighted by Crippen LogP contribution is -2.51. The second kappa shape index (κ2) is 12.3. The minimum absolute atomic E-state index is 0.0108. The summed E-state index contributed by atoms with van der Waals surface area (Å²) in [4.78, 5) is 30.3. The Morgan fingerprint density at radius 1 is 1.08 bits per heavy atom. The van der Waals surface area contributed by atoms with E-state index in [9.17, 15) is 22.4 Å². The third-order valence-electron chi connectivity index (χ3n) is 11.6. The van der Waals surface area contributed by atoms with Crippen LogP contribution >= 0.6 is 0 Å². The van der Waals surface area contributed by atoms with E-state index in [0.29, 0.717) is 50.1 Å². The Morgan fingerprint density at radius 3 is 2.57 bits per heavy atom. The van der Waals surface area contributed by atoms with E-state index in [2.05, 4.69) is 30.8 Å². The maximum atomic E-state index is 17.2. The van der Waals surface area contributed by atoms with Crippen LogP contribution in [0.15, 0.2) is 30.5 Å². The van der Waals surface area contributed by atoms with Crippen molar-refractivity contribution in [3.05, 3.63) is 53.5 Å². The Balaban J connectivity index is 1.19. The summed E-state index contributed by atoms with van der Waals surface area (Å²) >= 11 is 0. The number of fused-ring (bicyclic) bond motifs is 5. The average molecular weight is 737 g/mol. The van der Waals surface area contributed by atoms with Crippen LogP contribution in [0.2, 0.25) is 0 Å². The van der Waals surface area contributed by atoms with Crippen LogP contribution in [-0.4, -0.2) is 88.6 Å².